The van der Waals surface area contributed by atoms with Crippen molar-refractivity contribution < 1.29 is 13.9 Å². The SMILES string of the molecule is CCCN1CCC(N(Cc2ccc(F)cc2)C(=O)Cc2ccc(OCC(C)C)cc2)CC1. The highest BCUT2D eigenvalue weighted by molar-refractivity contribution is 5.79. The summed E-state index contributed by atoms with van der Waals surface area (Å²) in [5, 5.41) is 0. The largest absolute Gasteiger partial charge is 0.493 e. The first-order valence-corrected chi connectivity index (χ1v) is 11.9. The highest BCUT2D eigenvalue weighted by atomic mass is 19.1. The van der Waals surface area contributed by atoms with Crippen LogP contribution in [0.15, 0.2) is 48.5 Å². The van der Waals surface area contributed by atoms with Crippen LogP contribution in [0, 0.1) is 11.7 Å². The van der Waals surface area contributed by atoms with Crippen molar-refractivity contribution in [1.82, 2.24) is 9.80 Å². The number of amides is 1. The van der Waals surface area contributed by atoms with E-state index in [-0.39, 0.29) is 17.8 Å². The van der Waals surface area contributed by atoms with E-state index in [0.717, 1.165) is 55.8 Å². The highest BCUT2D eigenvalue weighted by Gasteiger charge is 2.28. The lowest BCUT2D eigenvalue weighted by Crippen LogP contribution is -2.47. The van der Waals surface area contributed by atoms with E-state index in [9.17, 15) is 9.18 Å². The molecule has 1 aliphatic heterocycles. The van der Waals surface area contributed by atoms with E-state index in [2.05, 4.69) is 25.7 Å². The van der Waals surface area contributed by atoms with Gasteiger partial charge in [-0.05, 0) is 67.1 Å². The van der Waals surface area contributed by atoms with Gasteiger partial charge in [0.1, 0.15) is 11.6 Å². The van der Waals surface area contributed by atoms with Gasteiger partial charge in [-0.15, -0.1) is 0 Å². The standard InChI is InChI=1S/C27H37FN2O2/c1-4-15-29-16-13-25(14-17-29)30(19-23-5-9-24(28)10-6-23)27(31)18-22-7-11-26(12-8-22)32-20-21(2)3/h5-12,21,25H,4,13-20H2,1-3H3. The molecule has 1 heterocycles. The van der Waals surface area contributed by atoms with Crippen molar-refractivity contribution in [1.29, 1.82) is 0 Å². The first-order chi connectivity index (χ1) is 15.4. The molecule has 0 unspecified atom stereocenters. The first-order valence-electron chi connectivity index (χ1n) is 11.9. The van der Waals surface area contributed by atoms with Gasteiger partial charge in [0, 0.05) is 25.7 Å². The molecule has 3 rings (SSSR count). The third-order valence-corrected chi connectivity index (χ3v) is 5.99. The molecule has 1 amide bonds. The van der Waals surface area contributed by atoms with Gasteiger partial charge < -0.3 is 14.5 Å². The minimum absolute atomic E-state index is 0.124. The summed E-state index contributed by atoms with van der Waals surface area (Å²) in [6.07, 6.45) is 3.48. The zero-order chi connectivity index (χ0) is 22.9. The fourth-order valence-corrected chi connectivity index (χ4v) is 4.22. The predicted octanol–water partition coefficient (Wildman–Crippen LogP) is 5.31. The van der Waals surface area contributed by atoms with Gasteiger partial charge in [-0.2, -0.15) is 0 Å². The van der Waals surface area contributed by atoms with Gasteiger partial charge in [0.15, 0.2) is 0 Å². The second-order valence-corrected chi connectivity index (χ2v) is 9.25. The quantitative estimate of drug-likeness (QED) is 0.502. The lowest BCUT2D eigenvalue weighted by Gasteiger charge is -2.38. The minimum atomic E-state index is -0.251. The van der Waals surface area contributed by atoms with Gasteiger partial charge in [-0.3, -0.25) is 4.79 Å². The van der Waals surface area contributed by atoms with Gasteiger partial charge >= 0.3 is 0 Å². The fraction of sp³-hybridized carbons (Fsp3) is 0.519. The summed E-state index contributed by atoms with van der Waals surface area (Å²) in [6, 6.07) is 14.6. The number of carbonyl (C=O) groups is 1. The van der Waals surface area contributed by atoms with Crippen LogP contribution >= 0.6 is 0 Å². The van der Waals surface area contributed by atoms with Gasteiger partial charge in [0.2, 0.25) is 5.91 Å². The van der Waals surface area contributed by atoms with E-state index in [1.165, 1.54) is 12.1 Å². The molecule has 0 saturated carbocycles. The lowest BCUT2D eigenvalue weighted by molar-refractivity contribution is -0.134. The molecule has 174 valence electrons. The van der Waals surface area contributed by atoms with Gasteiger partial charge in [-0.25, -0.2) is 4.39 Å². The topological polar surface area (TPSA) is 32.8 Å². The molecule has 2 aromatic rings. The lowest BCUT2D eigenvalue weighted by atomic mass is 10.0. The molecule has 1 aliphatic rings. The molecule has 0 aliphatic carbocycles. The fourth-order valence-electron chi connectivity index (χ4n) is 4.22. The Morgan fingerprint density at radius 1 is 1.06 bits per heavy atom. The molecule has 1 saturated heterocycles. The smallest absolute Gasteiger partial charge is 0.227 e. The van der Waals surface area contributed by atoms with Crippen molar-refractivity contribution in [2.45, 2.75) is 59.0 Å². The molecule has 0 N–H and O–H groups in total. The van der Waals surface area contributed by atoms with E-state index in [0.29, 0.717) is 25.5 Å². The minimum Gasteiger partial charge on any atom is -0.493 e. The number of ether oxygens (including phenoxy) is 1. The van der Waals surface area contributed by atoms with Crippen LogP contribution in [0.25, 0.3) is 0 Å². The molecule has 1 fully saturated rings. The number of benzene rings is 2. The van der Waals surface area contributed by atoms with Crippen molar-refractivity contribution in [2.75, 3.05) is 26.2 Å². The van der Waals surface area contributed by atoms with Crippen LogP contribution in [0.4, 0.5) is 4.39 Å². The molecule has 0 atom stereocenters. The Morgan fingerprint density at radius 2 is 1.69 bits per heavy atom. The Bertz CT molecular complexity index is 828. The van der Waals surface area contributed by atoms with Crippen LogP contribution in [-0.4, -0.2) is 48.0 Å². The number of piperidine rings is 1. The summed E-state index contributed by atoms with van der Waals surface area (Å²) in [7, 11) is 0. The number of halogens is 1. The van der Waals surface area contributed by atoms with Crippen LogP contribution in [0.2, 0.25) is 0 Å². The molecular formula is C27H37FN2O2. The van der Waals surface area contributed by atoms with Crippen LogP contribution < -0.4 is 4.74 Å². The maximum Gasteiger partial charge on any atom is 0.227 e. The Morgan fingerprint density at radius 3 is 2.28 bits per heavy atom. The maximum atomic E-state index is 13.4. The Balaban J connectivity index is 1.67. The highest BCUT2D eigenvalue weighted by Crippen LogP contribution is 2.22. The molecule has 0 radical (unpaired) electrons. The number of carbonyl (C=O) groups excluding carboxylic acids is 1. The number of likely N-dealkylation sites (tertiary alicyclic amines) is 1. The summed E-state index contributed by atoms with van der Waals surface area (Å²) in [6.45, 7) is 10.8. The summed E-state index contributed by atoms with van der Waals surface area (Å²) in [4.78, 5) is 17.9. The van der Waals surface area contributed by atoms with Crippen LogP contribution in [-0.2, 0) is 17.8 Å². The summed E-state index contributed by atoms with van der Waals surface area (Å²) >= 11 is 0. The molecule has 4 nitrogen and oxygen atoms in total. The van der Waals surface area contributed by atoms with Crippen LogP contribution in [0.5, 0.6) is 5.75 Å². The van der Waals surface area contributed by atoms with E-state index < -0.39 is 0 Å². The number of rotatable bonds is 10. The summed E-state index contributed by atoms with van der Waals surface area (Å²) in [5.74, 6) is 1.18. The van der Waals surface area contributed by atoms with E-state index in [4.69, 9.17) is 4.74 Å². The van der Waals surface area contributed by atoms with Gasteiger partial charge in [0.25, 0.3) is 0 Å². The van der Waals surface area contributed by atoms with Crippen molar-refractivity contribution >= 4 is 5.91 Å². The predicted molar refractivity (Wildman–Crippen MR) is 127 cm³/mol. The Hall–Kier alpha value is -2.40. The molecule has 32 heavy (non-hydrogen) atoms. The monoisotopic (exact) mass is 440 g/mol. The number of hydrogen-bond acceptors (Lipinski definition) is 3. The third kappa shape index (κ3) is 7.33. The maximum absolute atomic E-state index is 13.4. The Labute approximate surface area is 192 Å². The molecule has 0 bridgehead atoms. The number of hydrogen-bond donors (Lipinski definition) is 0. The van der Waals surface area contributed by atoms with Crippen LogP contribution in [0.1, 0.15) is 51.2 Å². The average Bonchev–Trinajstić information content (AvgIpc) is 2.79. The molecule has 0 aromatic heterocycles. The van der Waals surface area contributed by atoms with Gasteiger partial charge in [0.05, 0.1) is 13.0 Å². The summed E-state index contributed by atoms with van der Waals surface area (Å²) in [5.41, 5.74) is 1.95. The van der Waals surface area contributed by atoms with Crippen molar-refractivity contribution in [3.05, 3.63) is 65.5 Å². The van der Waals surface area contributed by atoms with Gasteiger partial charge in [-0.1, -0.05) is 45.0 Å². The normalized spacial score (nSPS) is 15.2. The first kappa shape index (κ1) is 24.2. The van der Waals surface area contributed by atoms with Crippen molar-refractivity contribution in [3.63, 3.8) is 0 Å². The van der Waals surface area contributed by atoms with E-state index >= 15 is 0 Å². The second kappa shape index (κ2) is 12.0. The van der Waals surface area contributed by atoms with E-state index in [1.807, 2.05) is 29.2 Å². The average molecular weight is 441 g/mol. The molecule has 0 spiro atoms. The Kier molecular flexibility index (Phi) is 9.10. The van der Waals surface area contributed by atoms with Crippen molar-refractivity contribution in [2.24, 2.45) is 5.92 Å². The number of nitrogens with zero attached hydrogens (tertiary/aromatic N) is 2. The summed E-state index contributed by atoms with van der Waals surface area (Å²) < 4.78 is 19.1. The molecule has 5 heteroatoms. The third-order valence-electron chi connectivity index (χ3n) is 5.99. The molecular weight excluding hydrogens is 403 g/mol. The van der Waals surface area contributed by atoms with Crippen molar-refractivity contribution in [3.8, 4) is 5.75 Å². The van der Waals surface area contributed by atoms with Crippen LogP contribution in [0.3, 0.4) is 0 Å². The second-order valence-electron chi connectivity index (χ2n) is 9.25. The zero-order valence-electron chi connectivity index (χ0n) is 19.7. The van der Waals surface area contributed by atoms with E-state index in [1.54, 1.807) is 12.1 Å². The zero-order valence-corrected chi connectivity index (χ0v) is 19.7. The molecule has 2 aromatic carbocycles.